The van der Waals surface area contributed by atoms with Crippen LogP contribution >= 0.6 is 0 Å². The molecule has 25 heavy (non-hydrogen) atoms. The topological polar surface area (TPSA) is 113 Å². The summed E-state index contributed by atoms with van der Waals surface area (Å²) in [5.41, 5.74) is -0.139. The van der Waals surface area contributed by atoms with Gasteiger partial charge in [-0.3, -0.25) is 19.7 Å². The average molecular weight is 341 g/mol. The van der Waals surface area contributed by atoms with Crippen molar-refractivity contribution in [3.8, 4) is 5.75 Å². The summed E-state index contributed by atoms with van der Waals surface area (Å²) in [4.78, 5) is 35.5. The van der Waals surface area contributed by atoms with Crippen LogP contribution in [-0.2, 0) is 9.59 Å². The molecule has 5 rings (SSSR count). The molecule has 1 heterocycles. The Kier molecular flexibility index (Phi) is 3.41. The van der Waals surface area contributed by atoms with Gasteiger partial charge in [0.05, 0.1) is 23.0 Å². The zero-order valence-electron chi connectivity index (χ0n) is 13.1. The third kappa shape index (κ3) is 2.33. The van der Waals surface area contributed by atoms with E-state index in [1.165, 1.54) is 6.07 Å². The van der Waals surface area contributed by atoms with Gasteiger partial charge in [0, 0.05) is 17.7 Å². The number of hydrazone groups is 1. The first-order valence-corrected chi connectivity index (χ1v) is 8.05. The molecular weight excluding hydrogens is 326 g/mol. The number of amides is 2. The summed E-state index contributed by atoms with van der Waals surface area (Å²) in [6.07, 6.45) is 6.93. The van der Waals surface area contributed by atoms with Gasteiger partial charge >= 0.3 is 0 Å². The highest BCUT2D eigenvalue weighted by Gasteiger charge is 2.56. The van der Waals surface area contributed by atoms with Crippen molar-refractivity contribution in [1.29, 1.82) is 0 Å². The van der Waals surface area contributed by atoms with Crippen molar-refractivity contribution in [3.05, 3.63) is 46.0 Å². The van der Waals surface area contributed by atoms with E-state index in [1.807, 2.05) is 12.2 Å². The molecule has 1 aromatic carbocycles. The number of non-ortho nitro benzene ring substituents is 1. The number of imide groups is 1. The van der Waals surface area contributed by atoms with Gasteiger partial charge in [-0.05, 0) is 30.7 Å². The lowest BCUT2D eigenvalue weighted by Crippen LogP contribution is -2.38. The van der Waals surface area contributed by atoms with E-state index >= 15 is 0 Å². The van der Waals surface area contributed by atoms with Gasteiger partial charge in [0.1, 0.15) is 5.75 Å². The van der Waals surface area contributed by atoms with Gasteiger partial charge in [-0.2, -0.15) is 10.1 Å². The van der Waals surface area contributed by atoms with Crippen molar-refractivity contribution in [3.63, 3.8) is 0 Å². The summed E-state index contributed by atoms with van der Waals surface area (Å²) in [6, 6.07) is 3.48. The van der Waals surface area contributed by atoms with Gasteiger partial charge in [-0.25, -0.2) is 0 Å². The number of carbonyl (C=O) groups excluding carboxylic acids is 2. The molecule has 0 unspecified atom stereocenters. The van der Waals surface area contributed by atoms with Crippen LogP contribution in [0.15, 0.2) is 35.5 Å². The highest BCUT2D eigenvalue weighted by Crippen LogP contribution is 2.49. The van der Waals surface area contributed by atoms with Crippen molar-refractivity contribution in [2.45, 2.75) is 12.8 Å². The smallest absolute Gasteiger partial charge is 0.270 e. The Morgan fingerprint density at radius 3 is 2.28 bits per heavy atom. The van der Waals surface area contributed by atoms with Crippen LogP contribution in [0.2, 0.25) is 0 Å². The first-order chi connectivity index (χ1) is 12.0. The van der Waals surface area contributed by atoms with Crippen molar-refractivity contribution in [2.24, 2.45) is 28.8 Å². The lowest BCUT2D eigenvalue weighted by Gasteiger charge is -2.37. The Labute approximate surface area is 142 Å². The van der Waals surface area contributed by atoms with Crippen LogP contribution in [0.4, 0.5) is 5.69 Å². The fourth-order valence-electron chi connectivity index (χ4n) is 4.05. The fourth-order valence-corrected chi connectivity index (χ4v) is 4.05. The number of aromatic hydroxyl groups is 1. The minimum Gasteiger partial charge on any atom is -0.507 e. The average Bonchev–Trinajstić information content (AvgIpc) is 2.88. The van der Waals surface area contributed by atoms with Gasteiger partial charge in [0.2, 0.25) is 0 Å². The second-order valence-corrected chi connectivity index (χ2v) is 6.57. The summed E-state index contributed by atoms with van der Waals surface area (Å²) < 4.78 is 0. The molecule has 0 radical (unpaired) electrons. The van der Waals surface area contributed by atoms with E-state index in [9.17, 15) is 24.8 Å². The van der Waals surface area contributed by atoms with E-state index in [0.717, 1.165) is 36.2 Å². The Bertz CT molecular complexity index is 815. The molecule has 4 atom stereocenters. The lowest BCUT2D eigenvalue weighted by molar-refractivity contribution is -0.384. The van der Waals surface area contributed by atoms with Crippen molar-refractivity contribution in [1.82, 2.24) is 5.01 Å². The number of hydrogen-bond donors (Lipinski definition) is 1. The van der Waals surface area contributed by atoms with E-state index in [2.05, 4.69) is 5.10 Å². The van der Waals surface area contributed by atoms with Crippen LogP contribution < -0.4 is 0 Å². The third-order valence-electron chi connectivity index (χ3n) is 5.27. The maximum atomic E-state index is 12.6. The van der Waals surface area contributed by atoms with E-state index in [0.29, 0.717) is 0 Å². The van der Waals surface area contributed by atoms with E-state index in [-0.39, 0.29) is 52.5 Å². The number of nitro benzene ring substituents is 1. The van der Waals surface area contributed by atoms with Crippen molar-refractivity contribution >= 4 is 23.7 Å². The molecule has 8 nitrogen and oxygen atoms in total. The zero-order chi connectivity index (χ0) is 17.7. The molecule has 2 fully saturated rings. The van der Waals surface area contributed by atoms with E-state index < -0.39 is 4.92 Å². The number of carbonyl (C=O) groups is 2. The molecule has 1 aromatic rings. The number of nitrogens with zero attached hydrogens (tertiary/aromatic N) is 3. The SMILES string of the molecule is O=C1[C@@H]2[C@H](C(=O)N1/N=C/c1cc([N+](=O)[O-])ccc1O)[C@@H]1C=C[C@H]2CC1. The van der Waals surface area contributed by atoms with Crippen LogP contribution in [0, 0.1) is 33.8 Å². The molecule has 2 amide bonds. The lowest BCUT2D eigenvalue weighted by atomic mass is 9.63. The minimum absolute atomic E-state index is 0.0675. The number of fused-ring (bicyclic) bond motifs is 1. The molecule has 1 N–H and O–H groups in total. The summed E-state index contributed by atoms with van der Waals surface area (Å²) in [5, 5.41) is 25.4. The van der Waals surface area contributed by atoms with Gasteiger partial charge in [0.15, 0.2) is 0 Å². The molecule has 3 aliphatic carbocycles. The first-order valence-electron chi connectivity index (χ1n) is 8.05. The summed E-state index contributed by atoms with van der Waals surface area (Å²) >= 11 is 0. The summed E-state index contributed by atoms with van der Waals surface area (Å²) in [5.74, 6) is -1.49. The molecule has 1 saturated carbocycles. The fraction of sp³-hybridized carbons (Fsp3) is 0.353. The van der Waals surface area contributed by atoms with Crippen LogP contribution in [-0.4, -0.2) is 33.1 Å². The van der Waals surface area contributed by atoms with Crippen molar-refractivity contribution in [2.75, 3.05) is 0 Å². The molecular formula is C17H15N3O5. The number of phenols is 1. The Morgan fingerprint density at radius 2 is 1.76 bits per heavy atom. The number of phenolic OH excluding ortho intramolecular Hbond substituents is 1. The van der Waals surface area contributed by atoms with Crippen LogP contribution in [0.1, 0.15) is 18.4 Å². The largest absolute Gasteiger partial charge is 0.507 e. The number of allylic oxidation sites excluding steroid dienone is 2. The number of nitro groups is 1. The van der Waals surface area contributed by atoms with E-state index in [4.69, 9.17) is 0 Å². The van der Waals surface area contributed by atoms with Crippen LogP contribution in [0.3, 0.4) is 0 Å². The quantitative estimate of drug-likeness (QED) is 0.296. The Morgan fingerprint density at radius 1 is 1.16 bits per heavy atom. The second kappa shape index (κ2) is 5.51. The van der Waals surface area contributed by atoms with Gasteiger partial charge < -0.3 is 5.11 Å². The van der Waals surface area contributed by atoms with Crippen molar-refractivity contribution < 1.29 is 19.6 Å². The maximum absolute atomic E-state index is 12.6. The monoisotopic (exact) mass is 341 g/mol. The molecule has 2 bridgehead atoms. The van der Waals surface area contributed by atoms with Crippen LogP contribution in [0.5, 0.6) is 5.75 Å². The highest BCUT2D eigenvalue weighted by molar-refractivity contribution is 6.06. The molecule has 4 aliphatic rings. The number of benzene rings is 1. The maximum Gasteiger partial charge on any atom is 0.270 e. The summed E-state index contributed by atoms with van der Waals surface area (Å²) in [7, 11) is 0. The minimum atomic E-state index is -0.596. The molecule has 1 saturated heterocycles. The molecule has 1 aliphatic heterocycles. The zero-order valence-corrected chi connectivity index (χ0v) is 13.1. The first kappa shape index (κ1) is 15.5. The molecule has 0 aromatic heterocycles. The Balaban J connectivity index is 1.63. The van der Waals surface area contributed by atoms with Crippen LogP contribution in [0.25, 0.3) is 0 Å². The highest BCUT2D eigenvalue weighted by atomic mass is 16.6. The van der Waals surface area contributed by atoms with Gasteiger partial charge in [-0.15, -0.1) is 0 Å². The molecule has 8 heteroatoms. The summed E-state index contributed by atoms with van der Waals surface area (Å²) in [6.45, 7) is 0. The molecule has 0 spiro atoms. The number of rotatable bonds is 3. The normalized spacial score (nSPS) is 30.3. The van der Waals surface area contributed by atoms with E-state index in [1.54, 1.807) is 0 Å². The van der Waals surface area contributed by atoms with Gasteiger partial charge in [0.25, 0.3) is 17.5 Å². The predicted molar refractivity (Wildman–Crippen MR) is 86.5 cm³/mol. The predicted octanol–water partition coefficient (Wildman–Crippen LogP) is 1.83. The Hall–Kier alpha value is -3.03. The van der Waals surface area contributed by atoms with Gasteiger partial charge in [-0.1, -0.05) is 12.2 Å². The number of hydrogen-bond acceptors (Lipinski definition) is 6. The third-order valence-corrected chi connectivity index (χ3v) is 5.27. The standard InChI is InChI=1S/C17H15N3O5/c21-13-6-5-12(20(24)25)7-11(13)8-18-19-16(22)14-9-1-2-10(4-3-9)15(14)17(19)23/h1-2,5-10,14-15,21H,3-4H2/b18-8+/t9-,10+,14-,15+. The molecule has 128 valence electrons. The second-order valence-electron chi connectivity index (χ2n) is 6.57.